The van der Waals surface area contributed by atoms with Crippen molar-refractivity contribution in [1.29, 1.82) is 0 Å². The van der Waals surface area contributed by atoms with Gasteiger partial charge in [0.15, 0.2) is 0 Å². The summed E-state index contributed by atoms with van der Waals surface area (Å²) in [7, 11) is -3.52. The lowest BCUT2D eigenvalue weighted by Gasteiger charge is -2.11. The third kappa shape index (κ3) is 4.29. The summed E-state index contributed by atoms with van der Waals surface area (Å²) >= 11 is 0. The average Bonchev–Trinajstić information content (AvgIpc) is 2.70. The van der Waals surface area contributed by atoms with Gasteiger partial charge in [0.1, 0.15) is 11.5 Å². The Kier molecular flexibility index (Phi) is 4.95. The molecule has 0 saturated heterocycles. The van der Waals surface area contributed by atoms with E-state index in [0.29, 0.717) is 17.0 Å². The summed E-state index contributed by atoms with van der Waals surface area (Å²) in [5.74, 6) is 1.25. The van der Waals surface area contributed by atoms with Crippen molar-refractivity contribution >= 4 is 26.5 Å². The van der Waals surface area contributed by atoms with Crippen molar-refractivity contribution in [1.82, 2.24) is 4.98 Å². The van der Waals surface area contributed by atoms with Gasteiger partial charge in [0.2, 0.25) is 10.0 Å². The molecular formula is C22H18N2O3S. The van der Waals surface area contributed by atoms with Gasteiger partial charge in [0.05, 0.1) is 5.75 Å². The largest absolute Gasteiger partial charge is 0.457 e. The van der Waals surface area contributed by atoms with Gasteiger partial charge in [-0.3, -0.25) is 9.71 Å². The van der Waals surface area contributed by atoms with E-state index in [0.717, 1.165) is 16.5 Å². The number of benzene rings is 3. The second kappa shape index (κ2) is 7.70. The molecule has 1 aromatic heterocycles. The van der Waals surface area contributed by atoms with Crippen LogP contribution in [0.25, 0.3) is 10.8 Å². The number of hydrogen-bond acceptors (Lipinski definition) is 4. The van der Waals surface area contributed by atoms with Gasteiger partial charge in [0.25, 0.3) is 0 Å². The van der Waals surface area contributed by atoms with Gasteiger partial charge in [-0.25, -0.2) is 8.42 Å². The molecule has 5 nitrogen and oxygen atoms in total. The van der Waals surface area contributed by atoms with Crippen molar-refractivity contribution in [3.05, 3.63) is 96.8 Å². The first-order valence-corrected chi connectivity index (χ1v) is 10.4. The topological polar surface area (TPSA) is 68.3 Å². The number of aromatic nitrogens is 1. The van der Waals surface area contributed by atoms with E-state index in [1.807, 2.05) is 42.5 Å². The molecular weight excluding hydrogens is 372 g/mol. The molecule has 3 aromatic carbocycles. The van der Waals surface area contributed by atoms with Gasteiger partial charge in [-0.05, 0) is 47.3 Å². The second-order valence-corrected chi connectivity index (χ2v) is 8.05. The van der Waals surface area contributed by atoms with Crippen LogP contribution in [0.3, 0.4) is 0 Å². The molecule has 4 aromatic rings. The maximum absolute atomic E-state index is 12.3. The molecule has 1 heterocycles. The van der Waals surface area contributed by atoms with Crippen molar-refractivity contribution in [3.8, 4) is 11.5 Å². The molecule has 0 unspecified atom stereocenters. The summed E-state index contributed by atoms with van der Waals surface area (Å²) in [5, 5.41) is 2.12. The highest BCUT2D eigenvalue weighted by molar-refractivity contribution is 7.91. The van der Waals surface area contributed by atoms with Crippen LogP contribution in [0.4, 0.5) is 5.69 Å². The Labute approximate surface area is 163 Å². The Morgan fingerprint density at radius 1 is 0.857 bits per heavy atom. The molecule has 0 bridgehead atoms. The summed E-state index contributed by atoms with van der Waals surface area (Å²) < 4.78 is 33.2. The number of nitrogens with one attached hydrogen (secondary N) is 1. The van der Waals surface area contributed by atoms with Gasteiger partial charge in [0, 0.05) is 23.5 Å². The lowest BCUT2D eigenvalue weighted by molar-refractivity contribution is 0.488. The fourth-order valence-electron chi connectivity index (χ4n) is 2.92. The molecule has 0 amide bonds. The van der Waals surface area contributed by atoms with Crippen LogP contribution in [-0.2, 0) is 15.8 Å². The molecule has 0 saturated carbocycles. The van der Waals surface area contributed by atoms with Crippen LogP contribution in [0, 0.1) is 0 Å². The van der Waals surface area contributed by atoms with Crippen molar-refractivity contribution < 1.29 is 13.2 Å². The molecule has 0 aliphatic heterocycles. The van der Waals surface area contributed by atoms with E-state index in [9.17, 15) is 8.42 Å². The highest BCUT2D eigenvalue weighted by Gasteiger charge is 2.12. The number of hydrogen-bond donors (Lipinski definition) is 1. The van der Waals surface area contributed by atoms with Crippen molar-refractivity contribution in [2.45, 2.75) is 5.75 Å². The first-order chi connectivity index (χ1) is 13.6. The lowest BCUT2D eigenvalue weighted by atomic mass is 10.1. The van der Waals surface area contributed by atoms with E-state index < -0.39 is 10.0 Å². The van der Waals surface area contributed by atoms with Crippen molar-refractivity contribution in [3.63, 3.8) is 0 Å². The standard InChI is InChI=1S/C22H18N2O3S/c25-28(26,16-17-5-4-14-23-15-17)24-19-10-12-20(13-11-19)27-22-9-3-7-18-6-1-2-8-21(18)22/h1-15,24H,16H2. The Balaban J connectivity index is 1.48. The molecule has 0 radical (unpaired) electrons. The second-order valence-electron chi connectivity index (χ2n) is 6.33. The number of pyridine rings is 1. The minimum absolute atomic E-state index is 0.130. The van der Waals surface area contributed by atoms with E-state index in [1.54, 1.807) is 48.8 Å². The zero-order valence-corrected chi connectivity index (χ0v) is 15.8. The minimum atomic E-state index is -3.52. The Hall–Kier alpha value is -3.38. The van der Waals surface area contributed by atoms with Crippen LogP contribution in [0.15, 0.2) is 91.3 Å². The van der Waals surface area contributed by atoms with Crippen LogP contribution in [0.2, 0.25) is 0 Å². The molecule has 4 rings (SSSR count). The Morgan fingerprint density at radius 3 is 2.43 bits per heavy atom. The first-order valence-electron chi connectivity index (χ1n) is 8.74. The average molecular weight is 390 g/mol. The van der Waals surface area contributed by atoms with Gasteiger partial charge < -0.3 is 4.74 Å². The van der Waals surface area contributed by atoms with Crippen molar-refractivity contribution in [2.24, 2.45) is 0 Å². The molecule has 0 atom stereocenters. The van der Waals surface area contributed by atoms with Gasteiger partial charge in [-0.15, -0.1) is 0 Å². The summed E-state index contributed by atoms with van der Waals surface area (Å²) in [6, 6.07) is 24.2. The smallest absolute Gasteiger partial charge is 0.236 e. The van der Waals surface area contributed by atoms with E-state index in [4.69, 9.17) is 4.74 Å². The molecule has 0 spiro atoms. The quantitative estimate of drug-likeness (QED) is 0.505. The summed E-state index contributed by atoms with van der Waals surface area (Å²) in [5.41, 5.74) is 1.11. The first kappa shape index (κ1) is 18.0. The van der Waals surface area contributed by atoms with Gasteiger partial charge in [-0.2, -0.15) is 0 Å². The molecule has 0 fully saturated rings. The Bertz CT molecular complexity index is 1190. The SMILES string of the molecule is O=S(=O)(Cc1cccnc1)Nc1ccc(Oc2cccc3ccccc23)cc1. The molecule has 28 heavy (non-hydrogen) atoms. The van der Waals surface area contributed by atoms with Crippen LogP contribution >= 0.6 is 0 Å². The van der Waals surface area contributed by atoms with Crippen LogP contribution in [0.5, 0.6) is 11.5 Å². The monoisotopic (exact) mass is 390 g/mol. The molecule has 6 heteroatoms. The maximum Gasteiger partial charge on any atom is 0.236 e. The van der Waals surface area contributed by atoms with Gasteiger partial charge >= 0.3 is 0 Å². The molecule has 0 aliphatic rings. The number of sulfonamides is 1. The third-order valence-electron chi connectivity index (χ3n) is 4.18. The summed E-state index contributed by atoms with van der Waals surface area (Å²) in [6.45, 7) is 0. The maximum atomic E-state index is 12.3. The summed E-state index contributed by atoms with van der Waals surface area (Å²) in [6.07, 6.45) is 3.15. The number of fused-ring (bicyclic) bond motifs is 1. The zero-order chi connectivity index (χ0) is 19.4. The predicted octanol–water partition coefficient (Wildman–Crippen LogP) is 4.97. The van der Waals surface area contributed by atoms with Crippen molar-refractivity contribution in [2.75, 3.05) is 4.72 Å². The van der Waals surface area contributed by atoms with Crippen LogP contribution in [-0.4, -0.2) is 13.4 Å². The molecule has 140 valence electrons. The van der Waals surface area contributed by atoms with E-state index in [2.05, 4.69) is 9.71 Å². The number of rotatable bonds is 6. The van der Waals surface area contributed by atoms with Crippen LogP contribution in [0.1, 0.15) is 5.56 Å². The number of nitrogens with zero attached hydrogens (tertiary/aromatic N) is 1. The highest BCUT2D eigenvalue weighted by Crippen LogP contribution is 2.30. The fourth-order valence-corrected chi connectivity index (χ4v) is 4.10. The minimum Gasteiger partial charge on any atom is -0.457 e. The Morgan fingerprint density at radius 2 is 1.64 bits per heavy atom. The number of anilines is 1. The van der Waals surface area contributed by atoms with Crippen LogP contribution < -0.4 is 9.46 Å². The van der Waals surface area contributed by atoms with E-state index in [-0.39, 0.29) is 5.75 Å². The van der Waals surface area contributed by atoms with Gasteiger partial charge in [-0.1, -0.05) is 42.5 Å². The fraction of sp³-hybridized carbons (Fsp3) is 0.0455. The number of ether oxygens (including phenoxy) is 1. The lowest BCUT2D eigenvalue weighted by Crippen LogP contribution is -2.15. The highest BCUT2D eigenvalue weighted by atomic mass is 32.2. The van der Waals surface area contributed by atoms with E-state index >= 15 is 0 Å². The third-order valence-corrected chi connectivity index (χ3v) is 5.44. The predicted molar refractivity (Wildman–Crippen MR) is 111 cm³/mol. The zero-order valence-electron chi connectivity index (χ0n) is 14.9. The summed E-state index contributed by atoms with van der Waals surface area (Å²) in [4.78, 5) is 3.94. The van der Waals surface area contributed by atoms with E-state index in [1.165, 1.54) is 0 Å². The molecule has 0 aliphatic carbocycles. The molecule has 1 N–H and O–H groups in total. The normalized spacial score (nSPS) is 11.3.